The van der Waals surface area contributed by atoms with Crippen LogP contribution in [-0.2, 0) is 0 Å². The summed E-state index contributed by atoms with van der Waals surface area (Å²) < 4.78 is 18.2. The number of hydrogen-bond donors (Lipinski definition) is 2. The minimum atomic E-state index is -1.04. The molecular weight excluding hydrogens is 187 g/mol. The van der Waals surface area contributed by atoms with Crippen molar-refractivity contribution in [2.75, 3.05) is 13.2 Å². The molecule has 1 aromatic carbocycles. The van der Waals surface area contributed by atoms with Crippen LogP contribution in [0.2, 0.25) is 0 Å². The summed E-state index contributed by atoms with van der Waals surface area (Å²) >= 11 is 0. The summed E-state index contributed by atoms with van der Waals surface area (Å²) in [5.41, 5.74) is 0.341. The SMILES string of the molecule is CCOc1ccc(C(O)CO)cc1F. The van der Waals surface area contributed by atoms with Gasteiger partial charge in [-0.05, 0) is 24.6 Å². The molecule has 0 aliphatic carbocycles. The van der Waals surface area contributed by atoms with E-state index in [-0.39, 0.29) is 5.75 Å². The molecule has 3 nitrogen and oxygen atoms in total. The summed E-state index contributed by atoms with van der Waals surface area (Å²) in [6.07, 6.45) is -1.04. The van der Waals surface area contributed by atoms with Gasteiger partial charge in [0, 0.05) is 0 Å². The van der Waals surface area contributed by atoms with E-state index in [9.17, 15) is 9.50 Å². The van der Waals surface area contributed by atoms with E-state index in [0.29, 0.717) is 12.2 Å². The highest BCUT2D eigenvalue weighted by atomic mass is 19.1. The van der Waals surface area contributed by atoms with Crippen LogP contribution in [0.3, 0.4) is 0 Å². The monoisotopic (exact) mass is 200 g/mol. The van der Waals surface area contributed by atoms with Crippen molar-refractivity contribution in [3.8, 4) is 5.75 Å². The zero-order valence-corrected chi connectivity index (χ0v) is 7.90. The van der Waals surface area contributed by atoms with Crippen molar-refractivity contribution in [2.45, 2.75) is 13.0 Å². The maximum Gasteiger partial charge on any atom is 0.165 e. The molecular formula is C10H13FO3. The Morgan fingerprint density at radius 1 is 1.50 bits per heavy atom. The Bertz CT molecular complexity index is 301. The molecule has 0 aliphatic heterocycles. The predicted octanol–water partition coefficient (Wildman–Crippen LogP) is 1.25. The van der Waals surface area contributed by atoms with E-state index in [2.05, 4.69) is 0 Å². The number of rotatable bonds is 4. The fraction of sp³-hybridized carbons (Fsp3) is 0.400. The second kappa shape index (κ2) is 4.93. The molecule has 0 bridgehead atoms. The summed E-state index contributed by atoms with van der Waals surface area (Å²) in [5.74, 6) is -0.377. The van der Waals surface area contributed by atoms with Gasteiger partial charge >= 0.3 is 0 Å². The normalized spacial score (nSPS) is 12.6. The molecule has 4 heteroatoms. The standard InChI is InChI=1S/C10H13FO3/c1-2-14-10-4-3-7(5-8(10)11)9(13)6-12/h3-5,9,12-13H,2,6H2,1H3. The van der Waals surface area contributed by atoms with Crippen LogP contribution in [0.4, 0.5) is 4.39 Å². The van der Waals surface area contributed by atoms with Crippen molar-refractivity contribution < 1.29 is 19.3 Å². The zero-order chi connectivity index (χ0) is 10.6. The van der Waals surface area contributed by atoms with E-state index >= 15 is 0 Å². The highest BCUT2D eigenvalue weighted by molar-refractivity contribution is 5.30. The summed E-state index contributed by atoms with van der Waals surface area (Å²) in [6, 6.07) is 4.12. The first kappa shape index (κ1) is 10.9. The van der Waals surface area contributed by atoms with E-state index in [1.165, 1.54) is 12.1 Å². The van der Waals surface area contributed by atoms with Crippen LogP contribution in [0.15, 0.2) is 18.2 Å². The first-order valence-electron chi connectivity index (χ1n) is 4.40. The van der Waals surface area contributed by atoms with E-state index in [0.717, 1.165) is 6.07 Å². The van der Waals surface area contributed by atoms with Gasteiger partial charge in [-0.1, -0.05) is 6.07 Å². The third-order valence-corrected chi connectivity index (χ3v) is 1.81. The predicted molar refractivity (Wildman–Crippen MR) is 49.6 cm³/mol. The van der Waals surface area contributed by atoms with Gasteiger partial charge < -0.3 is 14.9 Å². The summed E-state index contributed by atoms with van der Waals surface area (Å²) in [4.78, 5) is 0. The first-order valence-corrected chi connectivity index (χ1v) is 4.40. The quantitative estimate of drug-likeness (QED) is 0.769. The van der Waals surface area contributed by atoms with E-state index in [4.69, 9.17) is 9.84 Å². The van der Waals surface area contributed by atoms with E-state index in [1.807, 2.05) is 0 Å². The lowest BCUT2D eigenvalue weighted by atomic mass is 10.1. The number of benzene rings is 1. The molecule has 14 heavy (non-hydrogen) atoms. The molecule has 0 heterocycles. The minimum absolute atomic E-state index is 0.154. The Hall–Kier alpha value is -1.13. The van der Waals surface area contributed by atoms with Crippen molar-refractivity contribution >= 4 is 0 Å². The fourth-order valence-corrected chi connectivity index (χ4v) is 1.10. The number of hydrogen-bond acceptors (Lipinski definition) is 3. The fourth-order valence-electron chi connectivity index (χ4n) is 1.10. The molecule has 0 spiro atoms. The van der Waals surface area contributed by atoms with Gasteiger partial charge in [-0.2, -0.15) is 0 Å². The van der Waals surface area contributed by atoms with Crippen molar-refractivity contribution in [1.82, 2.24) is 0 Å². The van der Waals surface area contributed by atoms with Crippen LogP contribution in [0.1, 0.15) is 18.6 Å². The number of aliphatic hydroxyl groups is 2. The Kier molecular flexibility index (Phi) is 3.85. The first-order chi connectivity index (χ1) is 6.69. The topological polar surface area (TPSA) is 49.7 Å². The average molecular weight is 200 g/mol. The largest absolute Gasteiger partial charge is 0.491 e. The van der Waals surface area contributed by atoms with Gasteiger partial charge in [0.2, 0.25) is 0 Å². The molecule has 1 atom stereocenters. The molecule has 1 unspecified atom stereocenters. The van der Waals surface area contributed by atoms with Crippen molar-refractivity contribution in [2.24, 2.45) is 0 Å². The summed E-state index contributed by atoms with van der Waals surface area (Å²) in [6.45, 7) is 1.72. The average Bonchev–Trinajstić information content (AvgIpc) is 2.20. The highest BCUT2D eigenvalue weighted by Crippen LogP contribution is 2.21. The molecule has 1 rings (SSSR count). The van der Waals surface area contributed by atoms with Crippen LogP contribution < -0.4 is 4.74 Å². The Balaban J connectivity index is 2.88. The molecule has 78 valence electrons. The van der Waals surface area contributed by atoms with Gasteiger partial charge in [-0.15, -0.1) is 0 Å². The summed E-state index contributed by atoms with van der Waals surface area (Å²) in [5, 5.41) is 17.9. The lowest BCUT2D eigenvalue weighted by Gasteiger charge is -2.09. The molecule has 1 aromatic rings. The molecule has 0 saturated heterocycles. The smallest absolute Gasteiger partial charge is 0.165 e. The molecule has 0 fully saturated rings. The van der Waals surface area contributed by atoms with Gasteiger partial charge in [-0.3, -0.25) is 0 Å². The van der Waals surface area contributed by atoms with E-state index < -0.39 is 18.5 Å². The van der Waals surface area contributed by atoms with E-state index in [1.54, 1.807) is 6.92 Å². The van der Waals surface area contributed by atoms with Crippen molar-refractivity contribution in [3.05, 3.63) is 29.6 Å². The van der Waals surface area contributed by atoms with Crippen LogP contribution >= 0.6 is 0 Å². The van der Waals surface area contributed by atoms with Gasteiger partial charge in [0.1, 0.15) is 6.10 Å². The minimum Gasteiger partial charge on any atom is -0.491 e. The molecule has 0 saturated carbocycles. The third kappa shape index (κ3) is 2.43. The second-order valence-corrected chi connectivity index (χ2v) is 2.82. The lowest BCUT2D eigenvalue weighted by molar-refractivity contribution is 0.0952. The van der Waals surface area contributed by atoms with Gasteiger partial charge in [-0.25, -0.2) is 4.39 Å². The lowest BCUT2D eigenvalue weighted by Crippen LogP contribution is -2.03. The number of ether oxygens (including phenoxy) is 1. The second-order valence-electron chi connectivity index (χ2n) is 2.82. The number of aliphatic hydroxyl groups excluding tert-OH is 2. The van der Waals surface area contributed by atoms with Gasteiger partial charge in [0.15, 0.2) is 11.6 Å². The third-order valence-electron chi connectivity index (χ3n) is 1.81. The zero-order valence-electron chi connectivity index (χ0n) is 7.90. The maximum atomic E-state index is 13.2. The molecule has 0 radical (unpaired) electrons. The number of halogens is 1. The van der Waals surface area contributed by atoms with Crippen LogP contribution in [0.25, 0.3) is 0 Å². The van der Waals surface area contributed by atoms with Crippen LogP contribution in [0, 0.1) is 5.82 Å². The van der Waals surface area contributed by atoms with Crippen molar-refractivity contribution in [1.29, 1.82) is 0 Å². The van der Waals surface area contributed by atoms with Gasteiger partial charge in [0.25, 0.3) is 0 Å². The molecule has 0 aliphatic rings. The Labute approximate surface area is 81.8 Å². The molecule has 2 N–H and O–H groups in total. The van der Waals surface area contributed by atoms with Crippen molar-refractivity contribution in [3.63, 3.8) is 0 Å². The van der Waals surface area contributed by atoms with Crippen LogP contribution in [0.5, 0.6) is 5.75 Å². The Morgan fingerprint density at radius 3 is 2.71 bits per heavy atom. The van der Waals surface area contributed by atoms with Crippen LogP contribution in [-0.4, -0.2) is 23.4 Å². The molecule has 0 aromatic heterocycles. The molecule has 0 amide bonds. The van der Waals surface area contributed by atoms with Gasteiger partial charge in [0.05, 0.1) is 13.2 Å². The highest BCUT2D eigenvalue weighted by Gasteiger charge is 2.09. The summed E-state index contributed by atoms with van der Waals surface area (Å²) in [7, 11) is 0. The maximum absolute atomic E-state index is 13.2. The Morgan fingerprint density at radius 2 is 2.21 bits per heavy atom.